The second kappa shape index (κ2) is 6.57. The number of fused-ring (bicyclic) bond motifs is 1. The molecule has 2 aromatic heterocycles. The second-order valence-electron chi connectivity index (χ2n) is 6.76. The van der Waals surface area contributed by atoms with Crippen molar-refractivity contribution in [2.24, 2.45) is 5.92 Å². The molecule has 2 N–H and O–H groups in total. The van der Waals surface area contributed by atoms with Crippen LogP contribution in [0.15, 0.2) is 36.5 Å². The summed E-state index contributed by atoms with van der Waals surface area (Å²) in [6.45, 7) is 0. The Hall–Kier alpha value is -2.25. The van der Waals surface area contributed by atoms with Crippen LogP contribution in [0.1, 0.15) is 24.4 Å². The monoisotopic (exact) mass is 355 g/mol. The Labute approximate surface area is 150 Å². The third kappa shape index (κ3) is 3.29. The van der Waals surface area contributed by atoms with Crippen LogP contribution in [-0.2, 0) is 0 Å². The van der Waals surface area contributed by atoms with Gasteiger partial charge in [0.25, 0.3) is 0 Å². The summed E-state index contributed by atoms with van der Waals surface area (Å²) < 4.78 is 4.36. The number of pyridine rings is 1. The van der Waals surface area contributed by atoms with Crippen molar-refractivity contribution in [1.29, 1.82) is 0 Å². The molecule has 0 bridgehead atoms. The topological polar surface area (TPSA) is 74.2 Å². The third-order valence-electron chi connectivity index (χ3n) is 4.69. The van der Waals surface area contributed by atoms with E-state index in [9.17, 15) is 5.11 Å². The first-order valence-corrected chi connectivity index (χ1v) is 9.18. The Morgan fingerprint density at radius 2 is 2.08 bits per heavy atom. The summed E-state index contributed by atoms with van der Waals surface area (Å²) in [4.78, 5) is 11.0. The molecule has 2 heterocycles. The number of hydrogen-bond acceptors (Lipinski definition) is 7. The number of para-hydroxylation sites is 1. The van der Waals surface area contributed by atoms with Crippen LogP contribution >= 0.6 is 11.5 Å². The van der Waals surface area contributed by atoms with Crippen molar-refractivity contribution >= 4 is 33.5 Å². The Morgan fingerprint density at radius 1 is 1.28 bits per heavy atom. The number of aliphatic hydroxyl groups is 1. The largest absolute Gasteiger partial charge is 0.393 e. The first-order chi connectivity index (χ1) is 12.1. The number of aromatic nitrogens is 3. The predicted molar refractivity (Wildman–Crippen MR) is 101 cm³/mol. The zero-order valence-corrected chi connectivity index (χ0v) is 15.1. The van der Waals surface area contributed by atoms with Crippen LogP contribution in [0.5, 0.6) is 0 Å². The first-order valence-electron chi connectivity index (χ1n) is 8.40. The molecule has 1 saturated carbocycles. The molecule has 1 aromatic carbocycles. The van der Waals surface area contributed by atoms with Crippen molar-refractivity contribution in [3.05, 3.63) is 42.1 Å². The summed E-state index contributed by atoms with van der Waals surface area (Å²) in [5.74, 6) is 1.07. The van der Waals surface area contributed by atoms with Gasteiger partial charge in [-0.25, -0.2) is 0 Å². The van der Waals surface area contributed by atoms with Crippen LogP contribution in [0.3, 0.4) is 0 Å². The van der Waals surface area contributed by atoms with Gasteiger partial charge in [0.2, 0.25) is 11.1 Å². The van der Waals surface area contributed by atoms with Gasteiger partial charge in [0.05, 0.1) is 17.7 Å². The number of aliphatic hydroxyl groups excluding tert-OH is 1. The fourth-order valence-corrected chi connectivity index (χ4v) is 3.90. The molecule has 1 aliphatic rings. The molecular formula is C18H21N5OS. The van der Waals surface area contributed by atoms with Crippen molar-refractivity contribution in [2.45, 2.75) is 25.0 Å². The molecule has 6 nitrogen and oxygen atoms in total. The fourth-order valence-electron chi connectivity index (χ4n) is 3.22. The van der Waals surface area contributed by atoms with Crippen LogP contribution in [0.25, 0.3) is 10.9 Å². The smallest absolute Gasteiger partial charge is 0.238 e. The van der Waals surface area contributed by atoms with E-state index in [1.807, 2.05) is 43.4 Å². The Kier molecular flexibility index (Phi) is 4.27. The summed E-state index contributed by atoms with van der Waals surface area (Å²) in [6, 6.07) is 10.4. The lowest BCUT2D eigenvalue weighted by molar-refractivity contribution is 0.0339. The standard InChI is InChI=1S/C18H21N5OS/c1-23(2)17-21-18(25-22-17)20-16(12-8-14(24)9-12)13-7-11-5-3-4-6-15(11)19-10-13/h3-7,10,12,14,16,24H,8-9H2,1-2H3,(H,20,21,22)/t12?,14?,16-/m1/s1. The van der Waals surface area contributed by atoms with E-state index in [-0.39, 0.29) is 12.1 Å². The second-order valence-corrected chi connectivity index (χ2v) is 7.51. The minimum absolute atomic E-state index is 0.0727. The summed E-state index contributed by atoms with van der Waals surface area (Å²) in [6.07, 6.45) is 3.32. The SMILES string of the molecule is CN(C)c1nsc(N[C@@H](c2cnc3ccccc3c2)C2CC(O)C2)n1. The highest BCUT2D eigenvalue weighted by Crippen LogP contribution is 2.40. The van der Waals surface area contributed by atoms with Gasteiger partial charge in [-0.3, -0.25) is 4.98 Å². The lowest BCUT2D eigenvalue weighted by atomic mass is 9.75. The predicted octanol–water partition coefficient (Wildman–Crippen LogP) is 3.08. The molecule has 0 radical (unpaired) electrons. The maximum atomic E-state index is 9.75. The molecule has 1 fully saturated rings. The van der Waals surface area contributed by atoms with Crippen LogP contribution in [-0.4, -0.2) is 39.6 Å². The molecule has 1 aliphatic carbocycles. The number of hydrogen-bond donors (Lipinski definition) is 2. The van der Waals surface area contributed by atoms with E-state index in [1.54, 1.807) is 0 Å². The van der Waals surface area contributed by atoms with Crippen molar-refractivity contribution in [1.82, 2.24) is 14.3 Å². The Morgan fingerprint density at radius 3 is 2.80 bits per heavy atom. The van der Waals surface area contributed by atoms with E-state index in [1.165, 1.54) is 11.5 Å². The van der Waals surface area contributed by atoms with Crippen molar-refractivity contribution < 1.29 is 5.11 Å². The molecule has 0 saturated heterocycles. The maximum absolute atomic E-state index is 9.75. The van der Waals surface area contributed by atoms with Gasteiger partial charge in [0.1, 0.15) is 0 Å². The zero-order chi connectivity index (χ0) is 17.4. The number of anilines is 2. The fraction of sp³-hybridized carbons (Fsp3) is 0.389. The van der Waals surface area contributed by atoms with Gasteiger partial charge < -0.3 is 15.3 Å². The average Bonchev–Trinajstić information content (AvgIpc) is 3.06. The molecule has 4 rings (SSSR count). The lowest BCUT2D eigenvalue weighted by Gasteiger charge is -2.38. The summed E-state index contributed by atoms with van der Waals surface area (Å²) in [7, 11) is 3.86. The molecule has 0 unspecified atom stereocenters. The maximum Gasteiger partial charge on any atom is 0.238 e. The van der Waals surface area contributed by atoms with Crippen LogP contribution in [0, 0.1) is 5.92 Å². The molecule has 0 spiro atoms. The van der Waals surface area contributed by atoms with E-state index in [2.05, 4.69) is 31.8 Å². The van der Waals surface area contributed by atoms with Crippen molar-refractivity contribution in [3.8, 4) is 0 Å². The zero-order valence-electron chi connectivity index (χ0n) is 14.3. The normalized spacial score (nSPS) is 20.9. The van der Waals surface area contributed by atoms with E-state index < -0.39 is 0 Å². The summed E-state index contributed by atoms with van der Waals surface area (Å²) >= 11 is 1.36. The molecule has 130 valence electrons. The molecule has 3 aromatic rings. The highest BCUT2D eigenvalue weighted by Gasteiger charge is 2.35. The third-order valence-corrected chi connectivity index (χ3v) is 5.32. The lowest BCUT2D eigenvalue weighted by Crippen LogP contribution is -2.36. The van der Waals surface area contributed by atoms with Crippen LogP contribution in [0.4, 0.5) is 11.1 Å². The molecular weight excluding hydrogens is 334 g/mol. The Balaban J connectivity index is 1.64. The van der Waals surface area contributed by atoms with Gasteiger partial charge in [0.15, 0.2) is 0 Å². The van der Waals surface area contributed by atoms with E-state index >= 15 is 0 Å². The Bertz CT molecular complexity index is 875. The number of nitrogens with zero attached hydrogens (tertiary/aromatic N) is 4. The van der Waals surface area contributed by atoms with E-state index in [4.69, 9.17) is 0 Å². The number of nitrogens with one attached hydrogen (secondary N) is 1. The van der Waals surface area contributed by atoms with Gasteiger partial charge in [0, 0.05) is 37.2 Å². The van der Waals surface area contributed by atoms with Gasteiger partial charge in [-0.1, -0.05) is 18.2 Å². The van der Waals surface area contributed by atoms with Crippen molar-refractivity contribution in [2.75, 3.05) is 24.3 Å². The minimum atomic E-state index is -0.200. The van der Waals surface area contributed by atoms with Crippen LogP contribution in [0.2, 0.25) is 0 Å². The molecule has 0 amide bonds. The van der Waals surface area contributed by atoms with Gasteiger partial charge in [-0.05, 0) is 36.5 Å². The number of rotatable bonds is 5. The number of benzene rings is 1. The minimum Gasteiger partial charge on any atom is -0.393 e. The van der Waals surface area contributed by atoms with Gasteiger partial charge in [-0.2, -0.15) is 9.36 Å². The molecule has 7 heteroatoms. The molecule has 0 aliphatic heterocycles. The molecule has 1 atom stereocenters. The van der Waals surface area contributed by atoms with Crippen LogP contribution < -0.4 is 10.2 Å². The summed E-state index contributed by atoms with van der Waals surface area (Å²) in [5.41, 5.74) is 2.11. The highest BCUT2D eigenvalue weighted by atomic mass is 32.1. The van der Waals surface area contributed by atoms with Gasteiger partial charge >= 0.3 is 0 Å². The average molecular weight is 355 g/mol. The van der Waals surface area contributed by atoms with Gasteiger partial charge in [-0.15, -0.1) is 0 Å². The highest BCUT2D eigenvalue weighted by molar-refractivity contribution is 7.09. The van der Waals surface area contributed by atoms with E-state index in [0.29, 0.717) is 11.9 Å². The van der Waals surface area contributed by atoms with E-state index in [0.717, 1.165) is 34.4 Å². The van der Waals surface area contributed by atoms with Crippen molar-refractivity contribution in [3.63, 3.8) is 0 Å². The quantitative estimate of drug-likeness (QED) is 0.733. The first kappa shape index (κ1) is 16.2. The molecule has 25 heavy (non-hydrogen) atoms. The summed E-state index contributed by atoms with van der Waals surface area (Å²) in [5, 5.41) is 15.2.